The second kappa shape index (κ2) is 6.88. The highest BCUT2D eigenvalue weighted by Gasteiger charge is 2.19. The lowest BCUT2D eigenvalue weighted by Crippen LogP contribution is -2.14. The molecule has 0 saturated heterocycles. The van der Waals surface area contributed by atoms with Gasteiger partial charge in [-0.3, -0.25) is 14.8 Å². The SMILES string of the molecule is COc1ccc([N+](=O)[O-])cc1NS(=O)(=O)c1ccc(C(C)C)cc1. The predicted molar refractivity (Wildman–Crippen MR) is 91.0 cm³/mol. The molecular weight excluding hydrogens is 332 g/mol. The molecule has 128 valence electrons. The summed E-state index contributed by atoms with van der Waals surface area (Å²) >= 11 is 0. The highest BCUT2D eigenvalue weighted by Crippen LogP contribution is 2.31. The first-order valence-corrected chi connectivity index (χ1v) is 8.68. The van der Waals surface area contributed by atoms with Gasteiger partial charge in [0, 0.05) is 12.1 Å². The maximum absolute atomic E-state index is 12.5. The molecule has 2 rings (SSSR count). The van der Waals surface area contributed by atoms with Crippen molar-refractivity contribution in [3.8, 4) is 5.75 Å². The second-order valence-electron chi connectivity index (χ2n) is 5.47. The fraction of sp³-hybridized carbons (Fsp3) is 0.250. The van der Waals surface area contributed by atoms with Crippen LogP contribution < -0.4 is 9.46 Å². The van der Waals surface area contributed by atoms with Crippen molar-refractivity contribution in [1.82, 2.24) is 0 Å². The van der Waals surface area contributed by atoms with E-state index in [1.807, 2.05) is 13.8 Å². The van der Waals surface area contributed by atoms with E-state index in [2.05, 4.69) is 4.72 Å². The Kier molecular flexibility index (Phi) is 5.08. The van der Waals surface area contributed by atoms with Crippen molar-refractivity contribution in [2.75, 3.05) is 11.8 Å². The Morgan fingerprint density at radius 3 is 2.25 bits per heavy atom. The summed E-state index contributed by atoms with van der Waals surface area (Å²) in [6.45, 7) is 4.02. The number of ether oxygens (including phenoxy) is 1. The smallest absolute Gasteiger partial charge is 0.271 e. The van der Waals surface area contributed by atoms with E-state index in [0.29, 0.717) is 0 Å². The number of hydrogen-bond acceptors (Lipinski definition) is 5. The van der Waals surface area contributed by atoms with Crippen molar-refractivity contribution in [2.24, 2.45) is 0 Å². The number of benzene rings is 2. The van der Waals surface area contributed by atoms with Crippen LogP contribution in [0.5, 0.6) is 5.75 Å². The van der Waals surface area contributed by atoms with E-state index in [0.717, 1.165) is 11.6 Å². The Labute approximate surface area is 140 Å². The minimum absolute atomic E-state index is 0.0136. The lowest BCUT2D eigenvalue weighted by Gasteiger charge is -2.12. The van der Waals surface area contributed by atoms with Crippen LogP contribution in [0.1, 0.15) is 25.3 Å². The average molecular weight is 350 g/mol. The summed E-state index contributed by atoms with van der Waals surface area (Å²) in [6, 6.07) is 10.2. The molecule has 0 saturated carbocycles. The Morgan fingerprint density at radius 2 is 1.75 bits per heavy atom. The van der Waals surface area contributed by atoms with Gasteiger partial charge in [-0.25, -0.2) is 8.42 Å². The normalized spacial score (nSPS) is 11.3. The summed E-state index contributed by atoms with van der Waals surface area (Å²) in [5, 5.41) is 10.9. The fourth-order valence-corrected chi connectivity index (χ4v) is 3.19. The molecule has 0 amide bonds. The van der Waals surface area contributed by atoms with Gasteiger partial charge in [0.05, 0.1) is 22.6 Å². The van der Waals surface area contributed by atoms with Gasteiger partial charge in [0.15, 0.2) is 0 Å². The Morgan fingerprint density at radius 1 is 1.12 bits per heavy atom. The first kappa shape index (κ1) is 17.7. The highest BCUT2D eigenvalue weighted by molar-refractivity contribution is 7.92. The molecule has 2 aromatic carbocycles. The summed E-state index contributed by atoms with van der Waals surface area (Å²) in [5.41, 5.74) is 0.796. The molecule has 2 aromatic rings. The molecule has 0 atom stereocenters. The minimum Gasteiger partial charge on any atom is -0.495 e. The quantitative estimate of drug-likeness (QED) is 0.635. The van der Waals surface area contributed by atoms with Crippen molar-refractivity contribution in [3.05, 3.63) is 58.1 Å². The minimum atomic E-state index is -3.88. The number of anilines is 1. The van der Waals surface area contributed by atoms with E-state index in [-0.39, 0.29) is 27.9 Å². The number of sulfonamides is 1. The van der Waals surface area contributed by atoms with Gasteiger partial charge in [-0.15, -0.1) is 0 Å². The van der Waals surface area contributed by atoms with E-state index in [1.54, 1.807) is 12.1 Å². The van der Waals surface area contributed by atoms with Crippen LogP contribution in [0.2, 0.25) is 0 Å². The largest absolute Gasteiger partial charge is 0.495 e. The molecule has 0 aliphatic carbocycles. The van der Waals surface area contributed by atoms with Crippen LogP contribution in [0.25, 0.3) is 0 Å². The number of non-ortho nitro benzene ring substituents is 1. The zero-order chi connectivity index (χ0) is 17.9. The van der Waals surface area contributed by atoms with Crippen molar-refractivity contribution in [2.45, 2.75) is 24.7 Å². The van der Waals surface area contributed by atoms with Crippen molar-refractivity contribution >= 4 is 21.4 Å². The molecule has 0 unspecified atom stereocenters. The van der Waals surface area contributed by atoms with Gasteiger partial charge >= 0.3 is 0 Å². The fourth-order valence-electron chi connectivity index (χ4n) is 2.12. The monoisotopic (exact) mass is 350 g/mol. The third-order valence-corrected chi connectivity index (χ3v) is 4.88. The zero-order valence-electron chi connectivity index (χ0n) is 13.5. The first-order chi connectivity index (χ1) is 11.2. The van der Waals surface area contributed by atoms with Crippen LogP contribution in [-0.2, 0) is 10.0 Å². The lowest BCUT2D eigenvalue weighted by atomic mass is 10.0. The maximum atomic E-state index is 12.5. The van der Waals surface area contributed by atoms with Crippen molar-refractivity contribution < 1.29 is 18.1 Å². The van der Waals surface area contributed by atoms with E-state index in [4.69, 9.17) is 4.74 Å². The number of nitrogens with one attached hydrogen (secondary N) is 1. The Balaban J connectivity index is 2.38. The number of rotatable bonds is 6. The van der Waals surface area contributed by atoms with Gasteiger partial charge in [0.25, 0.3) is 15.7 Å². The molecule has 1 N–H and O–H groups in total. The molecule has 0 aromatic heterocycles. The summed E-state index contributed by atoms with van der Waals surface area (Å²) in [5.74, 6) is 0.481. The highest BCUT2D eigenvalue weighted by atomic mass is 32.2. The van der Waals surface area contributed by atoms with Gasteiger partial charge in [0.1, 0.15) is 5.75 Å². The van der Waals surface area contributed by atoms with Crippen LogP contribution in [-0.4, -0.2) is 20.5 Å². The van der Waals surface area contributed by atoms with E-state index in [9.17, 15) is 18.5 Å². The van der Waals surface area contributed by atoms with Gasteiger partial charge in [-0.2, -0.15) is 0 Å². The van der Waals surface area contributed by atoms with Gasteiger partial charge in [-0.05, 0) is 29.7 Å². The second-order valence-corrected chi connectivity index (χ2v) is 7.15. The van der Waals surface area contributed by atoms with Gasteiger partial charge in [-0.1, -0.05) is 26.0 Å². The summed E-state index contributed by atoms with van der Waals surface area (Å²) < 4.78 is 32.4. The van der Waals surface area contributed by atoms with E-state index in [1.165, 1.54) is 31.4 Å². The molecule has 0 bridgehead atoms. The standard InChI is InChI=1S/C16H18N2O5S/c1-11(2)12-4-7-14(8-5-12)24(21,22)17-15-10-13(18(19)20)6-9-16(15)23-3/h4-11,17H,1-3H3. The Hall–Kier alpha value is -2.61. The molecular formula is C16H18N2O5S. The predicted octanol–water partition coefficient (Wildman–Crippen LogP) is 3.53. The van der Waals surface area contributed by atoms with Crippen molar-refractivity contribution in [1.29, 1.82) is 0 Å². The van der Waals surface area contributed by atoms with Crippen LogP contribution in [0.4, 0.5) is 11.4 Å². The van der Waals surface area contributed by atoms with Gasteiger partial charge in [0.2, 0.25) is 0 Å². The third kappa shape index (κ3) is 3.83. The molecule has 0 aliphatic rings. The van der Waals surface area contributed by atoms with Crippen LogP contribution in [0, 0.1) is 10.1 Å². The number of hydrogen-bond donors (Lipinski definition) is 1. The summed E-state index contributed by atoms with van der Waals surface area (Å²) in [7, 11) is -2.53. The maximum Gasteiger partial charge on any atom is 0.271 e. The van der Waals surface area contributed by atoms with Crippen molar-refractivity contribution in [3.63, 3.8) is 0 Å². The van der Waals surface area contributed by atoms with E-state index < -0.39 is 14.9 Å². The lowest BCUT2D eigenvalue weighted by molar-refractivity contribution is -0.384. The third-order valence-electron chi connectivity index (χ3n) is 3.50. The summed E-state index contributed by atoms with van der Waals surface area (Å²) in [4.78, 5) is 10.3. The molecule has 24 heavy (non-hydrogen) atoms. The molecule has 8 heteroatoms. The average Bonchev–Trinajstić information content (AvgIpc) is 2.54. The number of nitro benzene ring substituents is 1. The van der Waals surface area contributed by atoms with E-state index >= 15 is 0 Å². The molecule has 7 nitrogen and oxygen atoms in total. The van der Waals surface area contributed by atoms with Crippen LogP contribution >= 0.6 is 0 Å². The molecule has 0 radical (unpaired) electrons. The number of nitro groups is 1. The Bertz CT molecular complexity index is 845. The summed E-state index contributed by atoms with van der Waals surface area (Å²) in [6.07, 6.45) is 0. The molecule has 0 spiro atoms. The zero-order valence-corrected chi connectivity index (χ0v) is 14.3. The topological polar surface area (TPSA) is 98.5 Å². The number of nitrogens with zero attached hydrogens (tertiary/aromatic N) is 1. The number of methoxy groups -OCH3 is 1. The van der Waals surface area contributed by atoms with Crippen LogP contribution in [0.3, 0.4) is 0 Å². The molecule has 0 fully saturated rings. The van der Waals surface area contributed by atoms with Crippen LogP contribution in [0.15, 0.2) is 47.4 Å². The van der Waals surface area contributed by atoms with Gasteiger partial charge < -0.3 is 4.74 Å². The first-order valence-electron chi connectivity index (χ1n) is 7.20. The molecule has 0 aliphatic heterocycles. The molecule has 0 heterocycles.